The smallest absolute Gasteiger partial charge is 0.188 e. The van der Waals surface area contributed by atoms with Crippen LogP contribution in [0, 0.1) is 0 Å². The third-order valence-electron chi connectivity index (χ3n) is 2.25. The molecule has 0 radical (unpaired) electrons. The number of nitrogens with two attached hydrogens (primary N) is 3. The zero-order valence-corrected chi connectivity index (χ0v) is 9.54. The topological polar surface area (TPSA) is 134 Å². The van der Waals surface area contributed by atoms with Gasteiger partial charge in [-0.3, -0.25) is 10.6 Å². The van der Waals surface area contributed by atoms with Crippen LogP contribution in [0.15, 0.2) is 23.2 Å². The van der Waals surface area contributed by atoms with Crippen LogP contribution in [0.3, 0.4) is 0 Å². The first-order valence-electron chi connectivity index (χ1n) is 4.96. The van der Waals surface area contributed by atoms with Crippen molar-refractivity contribution in [3.8, 4) is 11.5 Å². The summed E-state index contributed by atoms with van der Waals surface area (Å²) in [5.41, 5.74) is 16.6. The summed E-state index contributed by atoms with van der Waals surface area (Å²) in [6.45, 7) is 0.304. The van der Waals surface area contributed by atoms with Crippen LogP contribution in [-0.4, -0.2) is 34.4 Å². The summed E-state index contributed by atoms with van der Waals surface area (Å²) in [7, 11) is 1.70. The maximum atomic E-state index is 9.61. The molecule has 0 aliphatic heterocycles. The molecule has 0 spiro atoms. The lowest BCUT2D eigenvalue weighted by atomic mass is 10.2. The lowest BCUT2D eigenvalue weighted by Crippen LogP contribution is -2.40. The van der Waals surface area contributed by atoms with Gasteiger partial charge >= 0.3 is 0 Å². The minimum absolute atomic E-state index is 0.107. The van der Waals surface area contributed by atoms with Crippen LogP contribution in [0.2, 0.25) is 0 Å². The van der Waals surface area contributed by atoms with E-state index in [1.54, 1.807) is 24.1 Å². The first-order valence-corrected chi connectivity index (χ1v) is 4.96. The highest BCUT2D eigenvalue weighted by molar-refractivity contribution is 5.75. The molecule has 0 bridgehead atoms. The van der Waals surface area contributed by atoms with Crippen LogP contribution >= 0.6 is 0 Å². The minimum atomic E-state index is -0.707. The Morgan fingerprint density at radius 3 is 2.65 bits per heavy atom. The molecule has 1 unspecified atom stereocenters. The van der Waals surface area contributed by atoms with E-state index in [2.05, 4.69) is 4.99 Å². The van der Waals surface area contributed by atoms with Crippen molar-refractivity contribution in [2.45, 2.75) is 12.8 Å². The Kier molecular flexibility index (Phi) is 4.13. The maximum absolute atomic E-state index is 9.61. The van der Waals surface area contributed by atoms with Crippen LogP contribution in [0.5, 0.6) is 11.5 Å². The van der Waals surface area contributed by atoms with Gasteiger partial charge in [-0.15, -0.1) is 0 Å². The highest BCUT2D eigenvalue weighted by atomic mass is 16.3. The van der Waals surface area contributed by atoms with Gasteiger partial charge in [0.15, 0.2) is 23.7 Å². The Morgan fingerprint density at radius 2 is 2.06 bits per heavy atom. The molecule has 0 aliphatic rings. The van der Waals surface area contributed by atoms with E-state index in [-0.39, 0.29) is 17.5 Å². The molecule has 94 valence electrons. The number of nitrogens with zero attached hydrogens (tertiary/aromatic N) is 2. The van der Waals surface area contributed by atoms with E-state index in [1.807, 2.05) is 0 Å². The molecule has 1 aromatic carbocycles. The van der Waals surface area contributed by atoms with Crippen molar-refractivity contribution in [2.24, 2.45) is 22.2 Å². The van der Waals surface area contributed by atoms with Crippen molar-refractivity contribution in [3.05, 3.63) is 23.8 Å². The average Bonchev–Trinajstić information content (AvgIpc) is 2.23. The molecular formula is C10H17N5O2. The number of benzene rings is 1. The second kappa shape index (κ2) is 5.37. The third kappa shape index (κ3) is 3.51. The molecule has 0 saturated heterocycles. The molecule has 7 nitrogen and oxygen atoms in total. The van der Waals surface area contributed by atoms with Crippen molar-refractivity contribution in [3.63, 3.8) is 0 Å². The summed E-state index contributed by atoms with van der Waals surface area (Å²) in [6, 6.07) is 4.70. The number of aromatic hydroxyl groups is 2. The first-order chi connectivity index (χ1) is 7.91. The molecule has 1 atom stereocenters. The van der Waals surface area contributed by atoms with Crippen LogP contribution in [0.25, 0.3) is 0 Å². The van der Waals surface area contributed by atoms with Gasteiger partial charge in [-0.2, -0.15) is 0 Å². The van der Waals surface area contributed by atoms with Crippen molar-refractivity contribution >= 4 is 5.96 Å². The molecule has 1 aromatic rings. The molecule has 0 fully saturated rings. The lowest BCUT2D eigenvalue weighted by Gasteiger charge is -2.21. The molecule has 7 heteroatoms. The maximum Gasteiger partial charge on any atom is 0.188 e. The fourth-order valence-electron chi connectivity index (χ4n) is 1.32. The molecule has 0 aromatic heterocycles. The second-order valence-corrected chi connectivity index (χ2v) is 3.67. The second-order valence-electron chi connectivity index (χ2n) is 3.67. The first kappa shape index (κ1) is 13.1. The van der Waals surface area contributed by atoms with Gasteiger partial charge < -0.3 is 21.7 Å². The van der Waals surface area contributed by atoms with Gasteiger partial charge in [0.25, 0.3) is 0 Å². The normalized spacial score (nSPS) is 12.4. The monoisotopic (exact) mass is 239 g/mol. The summed E-state index contributed by atoms with van der Waals surface area (Å²) < 4.78 is 0. The van der Waals surface area contributed by atoms with Gasteiger partial charge in [0.05, 0.1) is 0 Å². The zero-order chi connectivity index (χ0) is 13.0. The summed E-state index contributed by atoms with van der Waals surface area (Å²) in [4.78, 5) is 5.38. The van der Waals surface area contributed by atoms with Crippen molar-refractivity contribution in [1.82, 2.24) is 4.90 Å². The van der Waals surface area contributed by atoms with Gasteiger partial charge in [-0.1, -0.05) is 12.1 Å². The molecule has 1 rings (SSSR count). The predicted octanol–water partition coefficient (Wildman–Crippen LogP) is -0.955. The number of aliphatic imine (C=N–C) groups is 1. The van der Waals surface area contributed by atoms with E-state index in [9.17, 15) is 10.2 Å². The van der Waals surface area contributed by atoms with E-state index >= 15 is 0 Å². The molecule has 0 aliphatic carbocycles. The molecular weight excluding hydrogens is 222 g/mol. The van der Waals surface area contributed by atoms with Crippen LogP contribution in [-0.2, 0) is 6.54 Å². The highest BCUT2D eigenvalue weighted by Gasteiger charge is 2.12. The molecule has 0 amide bonds. The third-order valence-corrected chi connectivity index (χ3v) is 2.25. The SMILES string of the molecule is CN(Cc1cccc(O)c1O)C(N)N=C(N)N. The Hall–Kier alpha value is -1.99. The fourth-order valence-corrected chi connectivity index (χ4v) is 1.32. The Morgan fingerprint density at radius 1 is 1.41 bits per heavy atom. The van der Waals surface area contributed by atoms with Gasteiger partial charge in [-0.25, -0.2) is 4.99 Å². The fraction of sp³-hybridized carbons (Fsp3) is 0.300. The summed E-state index contributed by atoms with van der Waals surface area (Å²) in [5, 5.41) is 18.9. The quantitative estimate of drug-likeness (QED) is 0.199. The number of para-hydroxylation sites is 1. The van der Waals surface area contributed by atoms with Crippen LogP contribution in [0.4, 0.5) is 0 Å². The Balaban J connectivity index is 2.78. The van der Waals surface area contributed by atoms with Crippen molar-refractivity contribution in [1.29, 1.82) is 0 Å². The largest absolute Gasteiger partial charge is 0.504 e. The van der Waals surface area contributed by atoms with Gasteiger partial charge in [0.2, 0.25) is 0 Å². The van der Waals surface area contributed by atoms with Crippen molar-refractivity contribution in [2.75, 3.05) is 7.05 Å². The van der Waals surface area contributed by atoms with E-state index in [4.69, 9.17) is 17.2 Å². The number of phenols is 2. The van der Waals surface area contributed by atoms with Crippen molar-refractivity contribution < 1.29 is 10.2 Å². The number of rotatable bonds is 4. The highest BCUT2D eigenvalue weighted by Crippen LogP contribution is 2.28. The average molecular weight is 239 g/mol. The molecule has 0 heterocycles. The van der Waals surface area contributed by atoms with Crippen LogP contribution < -0.4 is 17.2 Å². The summed E-state index contributed by atoms with van der Waals surface area (Å²) in [6.07, 6.45) is -0.707. The zero-order valence-electron chi connectivity index (χ0n) is 9.54. The molecule has 0 saturated carbocycles. The van der Waals surface area contributed by atoms with E-state index in [1.165, 1.54) is 6.07 Å². The van der Waals surface area contributed by atoms with Gasteiger partial charge in [-0.05, 0) is 13.1 Å². The number of hydrogen-bond donors (Lipinski definition) is 5. The molecule has 17 heavy (non-hydrogen) atoms. The number of hydrogen-bond acceptors (Lipinski definition) is 5. The standard InChI is InChI=1S/C10H17N5O2/c1-15(10(13)14-9(11)12)5-6-3-2-4-7(16)8(6)17/h2-4,10,16-17H,5,13H2,1H3,(H4,11,12,14). The van der Waals surface area contributed by atoms with E-state index < -0.39 is 6.29 Å². The Bertz CT molecular complexity index is 417. The van der Waals surface area contributed by atoms with Gasteiger partial charge in [0.1, 0.15) is 0 Å². The lowest BCUT2D eigenvalue weighted by molar-refractivity contribution is 0.242. The summed E-state index contributed by atoms with van der Waals surface area (Å²) >= 11 is 0. The van der Waals surface area contributed by atoms with Gasteiger partial charge in [0, 0.05) is 12.1 Å². The minimum Gasteiger partial charge on any atom is -0.504 e. The number of phenolic OH excluding ortho intramolecular Hbond substituents is 2. The summed E-state index contributed by atoms with van der Waals surface area (Å²) in [5.74, 6) is -0.452. The van der Waals surface area contributed by atoms with E-state index in [0.29, 0.717) is 12.1 Å². The number of guanidine groups is 1. The van der Waals surface area contributed by atoms with E-state index in [0.717, 1.165) is 0 Å². The molecule has 8 N–H and O–H groups in total. The van der Waals surface area contributed by atoms with Crippen LogP contribution in [0.1, 0.15) is 5.56 Å². The Labute approximate surface area is 99.2 Å². The predicted molar refractivity (Wildman–Crippen MR) is 65.0 cm³/mol.